The molecule has 0 bridgehead atoms. The molecular weight excluding hydrogens is 486 g/mol. The maximum Gasteiger partial charge on any atom is 0.340 e. The molecule has 1 aliphatic carbocycles. The van der Waals surface area contributed by atoms with Crippen LogP contribution in [0, 0.1) is 0 Å². The molecule has 0 saturated carbocycles. The van der Waals surface area contributed by atoms with E-state index < -0.39 is 17.5 Å². The lowest BCUT2D eigenvalue weighted by molar-refractivity contribution is -0.127. The van der Waals surface area contributed by atoms with Gasteiger partial charge in [0, 0.05) is 33.6 Å². The predicted molar refractivity (Wildman–Crippen MR) is 138 cm³/mol. The number of piperidine rings is 1. The number of anilines is 1. The molecule has 1 fully saturated rings. The van der Waals surface area contributed by atoms with E-state index in [1.165, 1.54) is 23.5 Å². The van der Waals surface area contributed by atoms with Crippen LogP contribution in [0.25, 0.3) is 21.3 Å². The fourth-order valence-electron chi connectivity index (χ4n) is 4.49. The van der Waals surface area contributed by atoms with E-state index in [-0.39, 0.29) is 0 Å². The minimum absolute atomic E-state index is 0.327. The van der Waals surface area contributed by atoms with Gasteiger partial charge >= 0.3 is 5.97 Å². The topological polar surface area (TPSA) is 110 Å². The summed E-state index contributed by atoms with van der Waals surface area (Å²) in [5, 5.41) is 6.42. The van der Waals surface area contributed by atoms with Gasteiger partial charge in [-0.2, -0.15) is 0 Å². The third-order valence-electron chi connectivity index (χ3n) is 6.39. The molecule has 1 saturated heterocycles. The quantitative estimate of drug-likeness (QED) is 0.348. The third kappa shape index (κ3) is 4.51. The van der Waals surface area contributed by atoms with Gasteiger partial charge in [-0.05, 0) is 56.6 Å². The van der Waals surface area contributed by atoms with Crippen LogP contribution < -0.4 is 16.0 Å². The summed E-state index contributed by atoms with van der Waals surface area (Å²) >= 11 is 8.09. The monoisotopic (exact) mass is 511 g/mol. The summed E-state index contributed by atoms with van der Waals surface area (Å²) in [6.45, 7) is 4.92. The summed E-state index contributed by atoms with van der Waals surface area (Å²) in [5.74, 6) is -0.722. The lowest BCUT2D eigenvalue weighted by Crippen LogP contribution is -2.44. The molecule has 8 nitrogen and oxygen atoms in total. The van der Waals surface area contributed by atoms with Crippen LogP contribution in [-0.4, -0.2) is 53.1 Å². The molecule has 0 unspecified atom stereocenters. The number of hydrogen-bond donors (Lipinski definition) is 2. The Bertz CT molecular complexity index is 1310. The number of nitrogens with two attached hydrogens (primary N) is 1. The standard InChI is InChI=1S/C25H26ClN5O3S/c1-2-12-31(15-6-10-28-11-7-15)24-29-13-18(26)21(30-24)17-14-35-19-5-3-4-16(20(17)19)22(32)34-25(8-9-25)23(27)33/h3-5,8-9,13-15,28H,2,6-7,10-12H2,1H3,(H2,27,33). The summed E-state index contributed by atoms with van der Waals surface area (Å²) < 4.78 is 6.35. The Hall–Kier alpha value is -3.01. The van der Waals surface area contributed by atoms with Crippen LogP contribution in [-0.2, 0) is 9.53 Å². The van der Waals surface area contributed by atoms with Crippen molar-refractivity contribution >= 4 is 50.8 Å². The van der Waals surface area contributed by atoms with E-state index in [0.717, 1.165) is 49.2 Å². The second-order valence-electron chi connectivity index (χ2n) is 8.75. The first-order valence-corrected chi connectivity index (χ1v) is 12.9. The molecule has 3 heterocycles. The Labute approximate surface area is 212 Å². The van der Waals surface area contributed by atoms with E-state index in [2.05, 4.69) is 22.1 Å². The molecule has 2 aliphatic rings. The maximum absolute atomic E-state index is 13.1. The molecule has 10 heteroatoms. The number of esters is 1. The van der Waals surface area contributed by atoms with E-state index in [4.69, 9.17) is 27.1 Å². The number of nitrogens with one attached hydrogen (secondary N) is 1. The van der Waals surface area contributed by atoms with Gasteiger partial charge in [-0.3, -0.25) is 4.79 Å². The molecule has 0 spiro atoms. The van der Waals surface area contributed by atoms with Crippen molar-refractivity contribution in [3.8, 4) is 11.3 Å². The third-order valence-corrected chi connectivity index (χ3v) is 7.62. The van der Waals surface area contributed by atoms with Crippen LogP contribution >= 0.6 is 22.9 Å². The number of halogens is 1. The summed E-state index contributed by atoms with van der Waals surface area (Å²) in [5.41, 5.74) is 5.58. The van der Waals surface area contributed by atoms with Crippen LogP contribution in [0.15, 0.2) is 41.9 Å². The van der Waals surface area contributed by atoms with Gasteiger partial charge in [-0.25, -0.2) is 14.8 Å². The van der Waals surface area contributed by atoms with Crippen LogP contribution in [0.4, 0.5) is 5.95 Å². The first kappa shape index (κ1) is 23.7. The number of fused-ring (bicyclic) bond motifs is 1. The zero-order valence-electron chi connectivity index (χ0n) is 19.3. The van der Waals surface area contributed by atoms with Gasteiger partial charge in [0.2, 0.25) is 11.5 Å². The number of carbonyl (C=O) groups is 2. The normalized spacial score (nSPS) is 16.9. The van der Waals surface area contributed by atoms with E-state index in [0.29, 0.717) is 33.7 Å². The molecule has 2 aromatic heterocycles. The molecule has 3 N–H and O–H groups in total. The minimum atomic E-state index is -1.44. The van der Waals surface area contributed by atoms with Gasteiger partial charge in [0.1, 0.15) is 0 Å². The van der Waals surface area contributed by atoms with Crippen LogP contribution in [0.3, 0.4) is 0 Å². The zero-order valence-corrected chi connectivity index (χ0v) is 20.9. The van der Waals surface area contributed by atoms with E-state index in [1.54, 1.807) is 18.3 Å². The van der Waals surface area contributed by atoms with Crippen LogP contribution in [0.1, 0.15) is 36.5 Å². The van der Waals surface area contributed by atoms with Crippen LogP contribution in [0.5, 0.6) is 0 Å². The van der Waals surface area contributed by atoms with Crippen molar-refractivity contribution in [3.63, 3.8) is 0 Å². The molecule has 3 aromatic rings. The van der Waals surface area contributed by atoms with Crippen molar-refractivity contribution in [3.05, 3.63) is 52.5 Å². The first-order chi connectivity index (χ1) is 16.9. The minimum Gasteiger partial charge on any atom is -0.437 e. The summed E-state index contributed by atoms with van der Waals surface area (Å²) in [4.78, 5) is 36.6. The van der Waals surface area contributed by atoms with Gasteiger partial charge in [-0.1, -0.05) is 24.6 Å². The van der Waals surface area contributed by atoms with E-state index >= 15 is 0 Å². The summed E-state index contributed by atoms with van der Waals surface area (Å²) in [7, 11) is 0. The van der Waals surface area contributed by atoms with Crippen molar-refractivity contribution in [2.75, 3.05) is 24.5 Å². The Kier molecular flexibility index (Phi) is 6.48. The molecule has 5 rings (SSSR count). The first-order valence-electron chi connectivity index (χ1n) is 11.7. The fourth-order valence-corrected chi connectivity index (χ4v) is 5.65. The molecule has 1 amide bonds. The molecule has 1 aliphatic heterocycles. The average Bonchev–Trinajstić information content (AvgIpc) is 3.53. The average molecular weight is 512 g/mol. The number of thiophene rings is 1. The van der Waals surface area contributed by atoms with Crippen molar-refractivity contribution in [2.45, 2.75) is 37.8 Å². The number of primary amides is 1. The highest BCUT2D eigenvalue weighted by Gasteiger charge is 2.45. The van der Waals surface area contributed by atoms with Crippen molar-refractivity contribution in [1.82, 2.24) is 15.3 Å². The number of nitrogens with zero attached hydrogens (tertiary/aromatic N) is 3. The Morgan fingerprint density at radius 2 is 2.09 bits per heavy atom. The Balaban J connectivity index is 1.55. The zero-order chi connectivity index (χ0) is 24.6. The largest absolute Gasteiger partial charge is 0.437 e. The van der Waals surface area contributed by atoms with E-state index in [9.17, 15) is 9.59 Å². The van der Waals surface area contributed by atoms with Crippen molar-refractivity contribution in [1.29, 1.82) is 0 Å². The molecule has 0 radical (unpaired) electrons. The second-order valence-corrected chi connectivity index (χ2v) is 10.1. The van der Waals surface area contributed by atoms with Crippen molar-refractivity contribution < 1.29 is 14.3 Å². The van der Waals surface area contributed by atoms with Crippen molar-refractivity contribution in [2.24, 2.45) is 5.73 Å². The molecule has 182 valence electrons. The highest BCUT2D eigenvalue weighted by atomic mass is 35.5. The van der Waals surface area contributed by atoms with Gasteiger partial charge in [0.05, 0.1) is 22.5 Å². The second kappa shape index (κ2) is 9.56. The number of benzene rings is 1. The Morgan fingerprint density at radius 3 is 2.77 bits per heavy atom. The lowest BCUT2D eigenvalue weighted by Gasteiger charge is -2.34. The van der Waals surface area contributed by atoms with Gasteiger partial charge in [-0.15, -0.1) is 11.3 Å². The molecule has 1 aromatic carbocycles. The van der Waals surface area contributed by atoms with Crippen LogP contribution in [0.2, 0.25) is 5.02 Å². The number of amides is 1. The fraction of sp³-hybridized carbons (Fsp3) is 0.360. The number of carbonyl (C=O) groups excluding carboxylic acids is 2. The number of hydrogen-bond acceptors (Lipinski definition) is 8. The van der Waals surface area contributed by atoms with Gasteiger partial charge in [0.15, 0.2) is 0 Å². The van der Waals surface area contributed by atoms with Gasteiger partial charge < -0.3 is 20.7 Å². The Morgan fingerprint density at radius 1 is 1.31 bits per heavy atom. The highest BCUT2D eigenvalue weighted by Crippen LogP contribution is 2.40. The summed E-state index contributed by atoms with van der Waals surface area (Å²) in [6, 6.07) is 5.73. The predicted octanol–water partition coefficient (Wildman–Crippen LogP) is 3.93. The number of aromatic nitrogens is 2. The molecule has 35 heavy (non-hydrogen) atoms. The number of rotatable bonds is 8. The molecule has 0 atom stereocenters. The van der Waals surface area contributed by atoms with E-state index in [1.807, 2.05) is 11.4 Å². The number of ether oxygens (including phenoxy) is 1. The maximum atomic E-state index is 13.1. The highest BCUT2D eigenvalue weighted by molar-refractivity contribution is 7.17. The molecular formula is C25H26ClN5O3S. The smallest absolute Gasteiger partial charge is 0.340 e. The lowest BCUT2D eigenvalue weighted by atomic mass is 10.0. The summed E-state index contributed by atoms with van der Waals surface area (Å²) in [6.07, 6.45) is 7.58. The van der Waals surface area contributed by atoms with Gasteiger partial charge in [0.25, 0.3) is 5.91 Å². The SMILES string of the molecule is CCCN(c1ncc(Cl)c(-c2csc3cccc(C(=O)OC4(C(N)=O)C=C4)c23)n1)C1CCNCC1.